The summed E-state index contributed by atoms with van der Waals surface area (Å²) < 4.78 is 1.44. The number of hydrogen-bond donors (Lipinski definition) is 1. The lowest BCUT2D eigenvalue weighted by Gasteiger charge is -2.24. The van der Waals surface area contributed by atoms with Gasteiger partial charge in [0.15, 0.2) is 0 Å². The number of carbonyl (C=O) groups is 2. The highest BCUT2D eigenvalue weighted by Gasteiger charge is 2.30. The van der Waals surface area contributed by atoms with E-state index < -0.39 is 11.9 Å². The van der Waals surface area contributed by atoms with E-state index in [9.17, 15) is 14.4 Å². The summed E-state index contributed by atoms with van der Waals surface area (Å²) >= 11 is 0. The van der Waals surface area contributed by atoms with Gasteiger partial charge < -0.3 is 0 Å². The minimum absolute atomic E-state index is 0.219. The molecule has 2 aliphatic heterocycles. The zero-order chi connectivity index (χ0) is 25.1. The molecular weight excluding hydrogens is 452 g/mol. The minimum Gasteiger partial charge on any atom is -0.299 e. The maximum Gasteiger partial charge on any atom is 0.262 e. The molecule has 7 nitrogen and oxygen atoms in total. The number of imide groups is 1. The van der Waals surface area contributed by atoms with E-state index in [1.807, 2.05) is 18.2 Å². The Bertz CT molecular complexity index is 1320. The lowest BCUT2D eigenvalue weighted by atomic mass is 10.0. The molecule has 2 fully saturated rings. The number of nitrogens with zero attached hydrogens (tertiary/aromatic N) is 3. The number of benzene rings is 2. The van der Waals surface area contributed by atoms with E-state index in [0.29, 0.717) is 23.1 Å². The molecule has 36 heavy (non-hydrogen) atoms. The quantitative estimate of drug-likeness (QED) is 0.535. The van der Waals surface area contributed by atoms with Crippen molar-refractivity contribution in [1.29, 1.82) is 0 Å². The summed E-state index contributed by atoms with van der Waals surface area (Å²) in [4.78, 5) is 44.5. The highest BCUT2D eigenvalue weighted by molar-refractivity contribution is 5.99. The number of hydrogen-bond acceptors (Lipinski definition) is 5. The first-order valence-corrected chi connectivity index (χ1v) is 13.1. The highest BCUT2D eigenvalue weighted by Crippen LogP contribution is 2.21. The summed E-state index contributed by atoms with van der Waals surface area (Å²) in [7, 11) is 0. The van der Waals surface area contributed by atoms with Gasteiger partial charge in [-0.15, -0.1) is 0 Å². The van der Waals surface area contributed by atoms with E-state index in [1.54, 1.807) is 6.92 Å². The van der Waals surface area contributed by atoms with Gasteiger partial charge in [-0.2, -0.15) is 0 Å². The Balaban J connectivity index is 1.29. The minimum atomic E-state index is -0.705. The Kier molecular flexibility index (Phi) is 7.28. The van der Waals surface area contributed by atoms with Crippen LogP contribution in [0.15, 0.2) is 47.3 Å². The third-order valence-corrected chi connectivity index (χ3v) is 7.49. The number of nitrogens with one attached hydrogen (secondary N) is 1. The van der Waals surface area contributed by atoms with Crippen molar-refractivity contribution in [2.75, 3.05) is 13.1 Å². The molecule has 2 saturated heterocycles. The molecule has 188 valence electrons. The number of aromatic nitrogens is 2. The van der Waals surface area contributed by atoms with Crippen molar-refractivity contribution in [3.63, 3.8) is 0 Å². The van der Waals surface area contributed by atoms with Gasteiger partial charge in [-0.3, -0.25) is 29.2 Å². The molecule has 0 aliphatic carbocycles. The first-order chi connectivity index (χ1) is 17.5. The molecule has 0 saturated carbocycles. The van der Waals surface area contributed by atoms with Gasteiger partial charge in [-0.1, -0.05) is 43.2 Å². The number of piperidine rings is 1. The summed E-state index contributed by atoms with van der Waals surface area (Å²) in [6.45, 7) is 5.15. The predicted octanol–water partition coefficient (Wildman–Crippen LogP) is 3.84. The first-order valence-electron chi connectivity index (χ1n) is 13.1. The van der Waals surface area contributed by atoms with Gasteiger partial charge in [0.2, 0.25) is 11.8 Å². The zero-order valence-corrected chi connectivity index (χ0v) is 21.0. The molecule has 1 atom stereocenters. The van der Waals surface area contributed by atoms with Crippen molar-refractivity contribution in [3.05, 3.63) is 75.3 Å². The van der Waals surface area contributed by atoms with Crippen molar-refractivity contribution in [1.82, 2.24) is 19.8 Å². The summed E-state index contributed by atoms with van der Waals surface area (Å²) in [6, 6.07) is 14.0. The molecule has 3 heterocycles. The Labute approximate surface area is 211 Å². The van der Waals surface area contributed by atoms with Crippen molar-refractivity contribution >= 4 is 22.7 Å². The fourth-order valence-electron chi connectivity index (χ4n) is 5.46. The summed E-state index contributed by atoms with van der Waals surface area (Å²) in [6.07, 6.45) is 7.54. The highest BCUT2D eigenvalue weighted by atomic mass is 16.2. The maximum atomic E-state index is 13.4. The fourth-order valence-corrected chi connectivity index (χ4v) is 5.46. The molecule has 3 aromatic rings. The molecule has 1 N–H and O–H groups in total. The molecule has 0 bridgehead atoms. The van der Waals surface area contributed by atoms with Crippen LogP contribution in [0.5, 0.6) is 0 Å². The molecule has 2 amide bonds. The predicted molar refractivity (Wildman–Crippen MR) is 140 cm³/mol. The van der Waals surface area contributed by atoms with Crippen LogP contribution in [0.1, 0.15) is 67.1 Å². The van der Waals surface area contributed by atoms with Crippen LogP contribution >= 0.6 is 0 Å². The van der Waals surface area contributed by atoms with E-state index in [4.69, 9.17) is 0 Å². The molecule has 5 rings (SSSR count). The lowest BCUT2D eigenvalue weighted by molar-refractivity contribution is -0.135. The molecule has 0 spiro atoms. The molecule has 0 radical (unpaired) electrons. The fraction of sp³-hybridized carbons (Fsp3) is 0.448. The second kappa shape index (κ2) is 10.7. The first kappa shape index (κ1) is 24.4. The van der Waals surface area contributed by atoms with Gasteiger partial charge in [0.25, 0.3) is 5.56 Å². The topological polar surface area (TPSA) is 84.3 Å². The van der Waals surface area contributed by atoms with Crippen LogP contribution in [0.25, 0.3) is 10.9 Å². The summed E-state index contributed by atoms with van der Waals surface area (Å²) in [5, 5.41) is 2.85. The standard InChI is InChI=1S/C29H34N4O3/c1-20-30-25-13-12-22(18-24(25)29(36)33(20)26-14-15-27(34)31-28(26)35)9-6-21-7-10-23(11-8-21)19-32-16-4-2-3-5-17-32/h7-8,10-13,18,26H,2-6,9,14-17,19H2,1H3,(H,31,34,35). The van der Waals surface area contributed by atoms with Crippen LogP contribution in [0, 0.1) is 6.92 Å². The summed E-state index contributed by atoms with van der Waals surface area (Å²) in [5.74, 6) is -0.254. The van der Waals surface area contributed by atoms with Gasteiger partial charge in [0.1, 0.15) is 11.9 Å². The third kappa shape index (κ3) is 5.41. The monoisotopic (exact) mass is 486 g/mol. The number of rotatable bonds is 6. The van der Waals surface area contributed by atoms with Gasteiger partial charge in [0, 0.05) is 13.0 Å². The van der Waals surface area contributed by atoms with Crippen LogP contribution in [0.2, 0.25) is 0 Å². The Morgan fingerprint density at radius 3 is 2.28 bits per heavy atom. The number of aryl methyl sites for hydroxylation is 3. The molecule has 1 unspecified atom stereocenters. The van der Waals surface area contributed by atoms with Crippen molar-refractivity contribution in [2.45, 2.75) is 70.9 Å². The zero-order valence-electron chi connectivity index (χ0n) is 21.0. The van der Waals surface area contributed by atoms with E-state index in [0.717, 1.165) is 24.9 Å². The van der Waals surface area contributed by atoms with Gasteiger partial charge in [0.05, 0.1) is 10.9 Å². The Morgan fingerprint density at radius 2 is 1.56 bits per heavy atom. The average Bonchev–Trinajstić information content (AvgIpc) is 3.14. The van der Waals surface area contributed by atoms with E-state index in [2.05, 4.69) is 39.5 Å². The number of carbonyl (C=O) groups excluding carboxylic acids is 2. The van der Waals surface area contributed by atoms with E-state index in [-0.39, 0.29) is 17.9 Å². The molecular formula is C29H34N4O3. The summed E-state index contributed by atoms with van der Waals surface area (Å²) in [5.41, 5.74) is 4.10. The number of fused-ring (bicyclic) bond motifs is 1. The Hall–Kier alpha value is -3.32. The third-order valence-electron chi connectivity index (χ3n) is 7.49. The maximum absolute atomic E-state index is 13.4. The van der Waals surface area contributed by atoms with Gasteiger partial charge in [-0.25, -0.2) is 4.98 Å². The molecule has 2 aromatic carbocycles. The largest absolute Gasteiger partial charge is 0.299 e. The Morgan fingerprint density at radius 1 is 0.889 bits per heavy atom. The average molecular weight is 487 g/mol. The van der Waals surface area contributed by atoms with Crippen LogP contribution in [-0.4, -0.2) is 39.4 Å². The van der Waals surface area contributed by atoms with Gasteiger partial charge in [-0.05, 0) is 80.9 Å². The van der Waals surface area contributed by atoms with E-state index >= 15 is 0 Å². The second-order valence-electron chi connectivity index (χ2n) is 10.2. The van der Waals surface area contributed by atoms with Crippen molar-refractivity contribution in [3.8, 4) is 0 Å². The molecule has 7 heteroatoms. The molecule has 1 aromatic heterocycles. The number of amides is 2. The van der Waals surface area contributed by atoms with Crippen LogP contribution < -0.4 is 10.9 Å². The molecule has 2 aliphatic rings. The van der Waals surface area contributed by atoms with Crippen LogP contribution in [0.4, 0.5) is 0 Å². The smallest absolute Gasteiger partial charge is 0.262 e. The van der Waals surface area contributed by atoms with Crippen LogP contribution in [0.3, 0.4) is 0 Å². The SMILES string of the molecule is Cc1nc2ccc(CCc3ccc(CN4CCCCCC4)cc3)cc2c(=O)n1C1CCC(=O)NC1=O. The van der Waals surface area contributed by atoms with Gasteiger partial charge >= 0.3 is 0 Å². The van der Waals surface area contributed by atoms with Crippen LogP contribution in [-0.2, 0) is 29.0 Å². The van der Waals surface area contributed by atoms with Crippen molar-refractivity contribution in [2.24, 2.45) is 0 Å². The lowest BCUT2D eigenvalue weighted by Crippen LogP contribution is -2.45. The van der Waals surface area contributed by atoms with Crippen molar-refractivity contribution < 1.29 is 9.59 Å². The van der Waals surface area contributed by atoms with E-state index in [1.165, 1.54) is 54.5 Å². The number of likely N-dealkylation sites (tertiary alicyclic amines) is 1. The normalized spacial score (nSPS) is 19.3. The second-order valence-corrected chi connectivity index (χ2v) is 10.2.